The molecule has 0 radical (unpaired) electrons. The zero-order chi connectivity index (χ0) is 12.6. The van der Waals surface area contributed by atoms with Crippen LogP contribution in [0.1, 0.15) is 17.5 Å². The highest BCUT2D eigenvalue weighted by Gasteiger charge is 2.56. The second kappa shape index (κ2) is 3.98. The van der Waals surface area contributed by atoms with Crippen LogP contribution in [0.25, 0.3) is 0 Å². The molecule has 90 valence electrons. The molecule has 0 heterocycles. The Morgan fingerprint density at radius 1 is 0.944 bits per heavy atom. The quantitative estimate of drug-likeness (QED) is 0.815. The molecule has 0 aromatic heterocycles. The highest BCUT2D eigenvalue weighted by molar-refractivity contribution is 5.77. The fourth-order valence-corrected chi connectivity index (χ4v) is 2.82. The number of carboxylic acid groups (broad SMARTS) is 1. The fourth-order valence-electron chi connectivity index (χ4n) is 2.82. The van der Waals surface area contributed by atoms with Crippen molar-refractivity contribution < 1.29 is 9.90 Å². The van der Waals surface area contributed by atoms with Gasteiger partial charge >= 0.3 is 0 Å². The van der Waals surface area contributed by atoms with E-state index < -0.39 is 11.9 Å². The molecule has 1 atom stereocenters. The van der Waals surface area contributed by atoms with Crippen LogP contribution in [-0.4, -0.2) is 5.97 Å². The molecule has 0 amide bonds. The third kappa shape index (κ3) is 1.53. The van der Waals surface area contributed by atoms with Crippen molar-refractivity contribution >= 4 is 5.97 Å². The second-order valence-electron chi connectivity index (χ2n) is 4.78. The monoisotopic (exact) mass is 237 g/mol. The lowest BCUT2D eigenvalue weighted by molar-refractivity contribution is -0.308. The Morgan fingerprint density at radius 3 is 1.72 bits per heavy atom. The lowest BCUT2D eigenvalue weighted by atomic mass is 9.86. The van der Waals surface area contributed by atoms with Crippen LogP contribution in [0.5, 0.6) is 0 Å². The molecule has 0 unspecified atom stereocenters. The predicted octanol–water partition coefficient (Wildman–Crippen LogP) is 1.74. The normalized spacial score (nSPS) is 20.3. The highest BCUT2D eigenvalue weighted by Crippen LogP contribution is 2.58. The van der Waals surface area contributed by atoms with Crippen LogP contribution in [0.3, 0.4) is 0 Å². The molecule has 18 heavy (non-hydrogen) atoms. The maximum atomic E-state index is 11.2. The minimum absolute atomic E-state index is 0.388. The van der Waals surface area contributed by atoms with Gasteiger partial charge in [0.2, 0.25) is 0 Å². The molecule has 1 aliphatic carbocycles. The number of carbonyl (C=O) groups is 1. The molecule has 3 rings (SSSR count). The third-order valence-corrected chi connectivity index (χ3v) is 3.82. The number of carboxylic acids is 1. The van der Waals surface area contributed by atoms with Crippen molar-refractivity contribution in [1.82, 2.24) is 0 Å². The Morgan fingerprint density at radius 2 is 1.39 bits per heavy atom. The summed E-state index contributed by atoms with van der Waals surface area (Å²) in [6.45, 7) is 0. The summed E-state index contributed by atoms with van der Waals surface area (Å²) >= 11 is 0. The van der Waals surface area contributed by atoms with E-state index >= 15 is 0 Å². The lowest BCUT2D eigenvalue weighted by Gasteiger charge is -2.19. The van der Waals surface area contributed by atoms with E-state index in [1.165, 1.54) is 0 Å². The van der Waals surface area contributed by atoms with Gasteiger partial charge in [-0.2, -0.15) is 0 Å². The maximum absolute atomic E-state index is 11.2. The van der Waals surface area contributed by atoms with Crippen molar-refractivity contribution in [2.45, 2.75) is 11.8 Å². The first-order valence-electron chi connectivity index (χ1n) is 6.07. The summed E-state index contributed by atoms with van der Waals surface area (Å²) in [6.07, 6.45) is 0.628. The second-order valence-corrected chi connectivity index (χ2v) is 4.78. The van der Waals surface area contributed by atoms with Crippen LogP contribution >= 0.6 is 0 Å². The van der Waals surface area contributed by atoms with Gasteiger partial charge in [-0.1, -0.05) is 60.7 Å². The zero-order valence-electron chi connectivity index (χ0n) is 9.87. The minimum Gasteiger partial charge on any atom is -0.550 e. The van der Waals surface area contributed by atoms with Crippen LogP contribution in [0.4, 0.5) is 0 Å². The van der Waals surface area contributed by atoms with Crippen molar-refractivity contribution in [2.75, 3.05) is 0 Å². The van der Waals surface area contributed by atoms with Crippen molar-refractivity contribution in [3.63, 3.8) is 0 Å². The van der Waals surface area contributed by atoms with E-state index in [0.717, 1.165) is 11.1 Å². The zero-order valence-corrected chi connectivity index (χ0v) is 9.87. The molecule has 0 saturated heterocycles. The standard InChI is InChI=1S/C16H14O2/c17-15(18)14-11-16(14,12-7-3-1-4-8-12)13-9-5-2-6-10-13/h1-10,14H,11H2,(H,17,18)/p-1/t14-/m1/s1. The summed E-state index contributed by atoms with van der Waals surface area (Å²) in [5.41, 5.74) is 1.73. The molecule has 2 aromatic rings. The van der Waals surface area contributed by atoms with Crippen molar-refractivity contribution in [2.24, 2.45) is 5.92 Å². The first-order valence-corrected chi connectivity index (χ1v) is 6.07. The topological polar surface area (TPSA) is 40.1 Å². The molecular weight excluding hydrogens is 224 g/mol. The van der Waals surface area contributed by atoms with Gasteiger partial charge in [0.05, 0.1) is 0 Å². The third-order valence-electron chi connectivity index (χ3n) is 3.82. The lowest BCUT2D eigenvalue weighted by Crippen LogP contribution is -2.29. The number of aliphatic carboxylic acids is 1. The van der Waals surface area contributed by atoms with E-state index in [-0.39, 0.29) is 5.41 Å². The number of carbonyl (C=O) groups excluding carboxylic acids is 1. The van der Waals surface area contributed by atoms with Gasteiger partial charge in [0.25, 0.3) is 0 Å². The van der Waals surface area contributed by atoms with E-state index in [1.54, 1.807) is 0 Å². The average molecular weight is 237 g/mol. The first kappa shape index (κ1) is 11.0. The first-order chi connectivity index (χ1) is 8.75. The molecule has 1 aliphatic rings. The predicted molar refractivity (Wildman–Crippen MR) is 66.8 cm³/mol. The Kier molecular flexibility index (Phi) is 2.44. The SMILES string of the molecule is O=C([O-])[C@H]1CC1(c1ccccc1)c1ccccc1. The molecule has 2 nitrogen and oxygen atoms in total. The van der Waals surface area contributed by atoms with E-state index in [0.29, 0.717) is 6.42 Å². The van der Waals surface area contributed by atoms with Gasteiger partial charge in [0.1, 0.15) is 0 Å². The Hall–Kier alpha value is -2.09. The molecule has 0 aliphatic heterocycles. The van der Waals surface area contributed by atoms with Crippen molar-refractivity contribution in [1.29, 1.82) is 0 Å². The van der Waals surface area contributed by atoms with Crippen molar-refractivity contribution in [3.8, 4) is 0 Å². The number of rotatable bonds is 3. The Bertz CT molecular complexity index is 521. The van der Waals surface area contributed by atoms with Gasteiger partial charge in [0.15, 0.2) is 0 Å². The fraction of sp³-hybridized carbons (Fsp3) is 0.188. The molecule has 0 N–H and O–H groups in total. The largest absolute Gasteiger partial charge is 0.550 e. The van der Waals surface area contributed by atoms with Crippen molar-refractivity contribution in [3.05, 3.63) is 71.8 Å². The van der Waals surface area contributed by atoms with Crippen LogP contribution < -0.4 is 5.11 Å². The van der Waals surface area contributed by atoms with Crippen LogP contribution in [0.2, 0.25) is 0 Å². The Balaban J connectivity index is 2.11. The van der Waals surface area contributed by atoms with Gasteiger partial charge in [-0.25, -0.2) is 0 Å². The Labute approximate surface area is 106 Å². The van der Waals surface area contributed by atoms with E-state index in [4.69, 9.17) is 0 Å². The van der Waals surface area contributed by atoms with Gasteiger partial charge in [-0.15, -0.1) is 0 Å². The van der Waals surface area contributed by atoms with Crippen LogP contribution in [0, 0.1) is 5.92 Å². The number of hydrogen-bond donors (Lipinski definition) is 0. The van der Waals surface area contributed by atoms with Gasteiger partial charge in [-0.3, -0.25) is 0 Å². The summed E-state index contributed by atoms with van der Waals surface area (Å²) in [5.74, 6) is -1.37. The smallest absolute Gasteiger partial charge is 0.0458 e. The van der Waals surface area contributed by atoms with Crippen LogP contribution in [-0.2, 0) is 10.2 Å². The molecular formula is C16H13O2-. The minimum atomic E-state index is -0.956. The summed E-state index contributed by atoms with van der Waals surface area (Å²) in [6, 6.07) is 19.7. The molecule has 1 saturated carbocycles. The van der Waals surface area contributed by atoms with Gasteiger partial charge < -0.3 is 9.90 Å². The van der Waals surface area contributed by atoms with E-state index in [9.17, 15) is 9.90 Å². The van der Waals surface area contributed by atoms with Gasteiger partial charge in [0, 0.05) is 17.3 Å². The summed E-state index contributed by atoms with van der Waals surface area (Å²) in [5, 5.41) is 11.2. The summed E-state index contributed by atoms with van der Waals surface area (Å²) in [4.78, 5) is 11.2. The average Bonchev–Trinajstić information content (AvgIpc) is 3.18. The molecule has 2 aromatic carbocycles. The number of hydrogen-bond acceptors (Lipinski definition) is 2. The molecule has 1 fully saturated rings. The van der Waals surface area contributed by atoms with E-state index in [1.807, 2.05) is 60.7 Å². The van der Waals surface area contributed by atoms with Gasteiger partial charge in [-0.05, 0) is 17.5 Å². The summed E-state index contributed by atoms with van der Waals surface area (Å²) in [7, 11) is 0. The highest BCUT2D eigenvalue weighted by atomic mass is 16.4. The number of benzene rings is 2. The molecule has 0 bridgehead atoms. The maximum Gasteiger partial charge on any atom is 0.0458 e. The molecule has 0 spiro atoms. The summed E-state index contributed by atoms with van der Waals surface area (Å²) < 4.78 is 0. The molecule has 2 heteroatoms. The van der Waals surface area contributed by atoms with Crippen LogP contribution in [0.15, 0.2) is 60.7 Å². The van der Waals surface area contributed by atoms with E-state index in [2.05, 4.69) is 0 Å².